The highest BCUT2D eigenvalue weighted by atomic mass is 16.5. The number of carboxylic acids is 1. The zero-order chi connectivity index (χ0) is 26.1. The Kier molecular flexibility index (Phi) is 9.24. The van der Waals surface area contributed by atoms with Gasteiger partial charge in [-0.1, -0.05) is 42.5 Å². The molecule has 36 heavy (non-hydrogen) atoms. The van der Waals surface area contributed by atoms with Gasteiger partial charge in [0.25, 0.3) is 0 Å². The minimum atomic E-state index is -0.984. The molecule has 0 aromatic heterocycles. The number of benzene rings is 3. The van der Waals surface area contributed by atoms with Gasteiger partial charge in [-0.25, -0.2) is 4.79 Å². The van der Waals surface area contributed by atoms with E-state index in [1.54, 1.807) is 30.3 Å². The molecule has 1 unspecified atom stereocenters. The van der Waals surface area contributed by atoms with Gasteiger partial charge in [0.1, 0.15) is 24.5 Å². The van der Waals surface area contributed by atoms with Crippen molar-refractivity contribution in [3.8, 4) is 22.9 Å². The highest BCUT2D eigenvalue weighted by molar-refractivity contribution is 5.88. The molecule has 0 saturated carbocycles. The number of β-amino-alcohol motifs (C(OH)–C–C–N with tert-alkyl or cyclic N) is 1. The van der Waals surface area contributed by atoms with E-state index in [9.17, 15) is 15.2 Å². The SMILES string of the molecule is Cc1ccccc1CCCC(C)(C)NCC(O)COc1cc(-c2ccc(C(=O)O)cc2)ccc1C#N. The maximum atomic E-state index is 11.1. The third-order valence-corrected chi connectivity index (χ3v) is 6.32. The van der Waals surface area contributed by atoms with Crippen molar-refractivity contribution in [3.05, 3.63) is 89.0 Å². The Morgan fingerprint density at radius 1 is 1.08 bits per heavy atom. The smallest absolute Gasteiger partial charge is 0.335 e. The Morgan fingerprint density at radius 2 is 1.78 bits per heavy atom. The summed E-state index contributed by atoms with van der Waals surface area (Å²) in [7, 11) is 0. The molecule has 0 spiro atoms. The first kappa shape index (κ1) is 26.9. The molecule has 3 rings (SSSR count). The van der Waals surface area contributed by atoms with Crippen LogP contribution in [0.15, 0.2) is 66.7 Å². The fraction of sp³-hybridized carbons (Fsp3) is 0.333. The Bertz CT molecular complexity index is 1210. The predicted molar refractivity (Wildman–Crippen MR) is 141 cm³/mol. The van der Waals surface area contributed by atoms with E-state index in [4.69, 9.17) is 9.84 Å². The van der Waals surface area contributed by atoms with Crippen molar-refractivity contribution in [1.82, 2.24) is 5.32 Å². The average Bonchev–Trinajstić information content (AvgIpc) is 2.87. The maximum absolute atomic E-state index is 11.1. The molecule has 0 heterocycles. The average molecular weight is 487 g/mol. The number of nitrogens with one attached hydrogen (secondary N) is 1. The van der Waals surface area contributed by atoms with Crippen LogP contribution in [0.4, 0.5) is 0 Å². The number of ether oxygens (including phenoxy) is 1. The normalized spacial score (nSPS) is 12.1. The van der Waals surface area contributed by atoms with Gasteiger partial charge in [0.05, 0.1) is 11.1 Å². The van der Waals surface area contributed by atoms with Crippen LogP contribution in [0.5, 0.6) is 5.75 Å². The molecule has 3 N–H and O–H groups in total. The van der Waals surface area contributed by atoms with Gasteiger partial charge in [-0.15, -0.1) is 0 Å². The summed E-state index contributed by atoms with van der Waals surface area (Å²) in [4.78, 5) is 11.1. The van der Waals surface area contributed by atoms with Crippen LogP contribution in [-0.4, -0.2) is 41.0 Å². The first-order valence-electron chi connectivity index (χ1n) is 12.2. The number of aromatic carboxylic acids is 1. The van der Waals surface area contributed by atoms with E-state index in [1.165, 1.54) is 23.3 Å². The lowest BCUT2D eigenvalue weighted by Crippen LogP contribution is -2.44. The lowest BCUT2D eigenvalue weighted by atomic mass is 9.94. The van der Waals surface area contributed by atoms with Gasteiger partial charge < -0.3 is 20.3 Å². The fourth-order valence-electron chi connectivity index (χ4n) is 4.06. The molecule has 0 saturated heterocycles. The number of aliphatic hydroxyl groups is 1. The fourth-order valence-corrected chi connectivity index (χ4v) is 4.06. The van der Waals surface area contributed by atoms with E-state index in [-0.39, 0.29) is 17.7 Å². The van der Waals surface area contributed by atoms with Crippen molar-refractivity contribution in [1.29, 1.82) is 5.26 Å². The van der Waals surface area contributed by atoms with Gasteiger partial charge in [0.2, 0.25) is 0 Å². The van der Waals surface area contributed by atoms with E-state index in [0.29, 0.717) is 17.9 Å². The monoisotopic (exact) mass is 486 g/mol. The van der Waals surface area contributed by atoms with E-state index in [0.717, 1.165) is 30.4 Å². The second-order valence-corrected chi connectivity index (χ2v) is 9.71. The second-order valence-electron chi connectivity index (χ2n) is 9.71. The van der Waals surface area contributed by atoms with Crippen LogP contribution >= 0.6 is 0 Å². The molecule has 0 fully saturated rings. The molecule has 6 nitrogen and oxygen atoms in total. The van der Waals surface area contributed by atoms with Gasteiger partial charge in [-0.05, 0) is 86.6 Å². The van der Waals surface area contributed by atoms with Gasteiger partial charge in [-0.2, -0.15) is 5.26 Å². The third-order valence-electron chi connectivity index (χ3n) is 6.32. The minimum Gasteiger partial charge on any atom is -0.489 e. The Morgan fingerprint density at radius 3 is 2.44 bits per heavy atom. The summed E-state index contributed by atoms with van der Waals surface area (Å²) in [6.45, 7) is 6.81. The summed E-state index contributed by atoms with van der Waals surface area (Å²) in [5.74, 6) is -0.601. The molecule has 0 aliphatic heterocycles. The first-order valence-corrected chi connectivity index (χ1v) is 12.2. The Hall–Kier alpha value is -3.66. The van der Waals surface area contributed by atoms with Gasteiger partial charge in [0.15, 0.2) is 0 Å². The van der Waals surface area contributed by atoms with Crippen LogP contribution in [0.3, 0.4) is 0 Å². The zero-order valence-electron chi connectivity index (χ0n) is 21.1. The maximum Gasteiger partial charge on any atom is 0.335 e. The first-order chi connectivity index (χ1) is 17.2. The summed E-state index contributed by atoms with van der Waals surface area (Å²) < 4.78 is 5.82. The van der Waals surface area contributed by atoms with E-state index >= 15 is 0 Å². The van der Waals surface area contributed by atoms with Crippen molar-refractivity contribution >= 4 is 5.97 Å². The van der Waals surface area contributed by atoms with Crippen LogP contribution < -0.4 is 10.1 Å². The highest BCUT2D eigenvalue weighted by Gasteiger charge is 2.19. The predicted octanol–water partition coefficient (Wildman–Crippen LogP) is 5.36. The molecular weight excluding hydrogens is 452 g/mol. The quantitative estimate of drug-likeness (QED) is 0.318. The topological polar surface area (TPSA) is 103 Å². The van der Waals surface area contributed by atoms with Crippen LogP contribution in [0, 0.1) is 18.3 Å². The number of carbonyl (C=O) groups is 1. The number of hydrogen-bond acceptors (Lipinski definition) is 5. The molecular formula is C30H34N2O4. The minimum absolute atomic E-state index is 0.0440. The van der Waals surface area contributed by atoms with E-state index in [2.05, 4.69) is 56.4 Å². The number of hydrogen-bond donors (Lipinski definition) is 3. The van der Waals surface area contributed by atoms with Crippen molar-refractivity contribution in [2.75, 3.05) is 13.2 Å². The van der Waals surface area contributed by atoms with Crippen LogP contribution in [0.25, 0.3) is 11.1 Å². The number of nitriles is 1. The molecule has 3 aromatic carbocycles. The molecule has 0 radical (unpaired) electrons. The number of rotatable bonds is 12. The summed E-state index contributed by atoms with van der Waals surface area (Å²) >= 11 is 0. The van der Waals surface area contributed by atoms with Crippen LogP contribution in [-0.2, 0) is 6.42 Å². The Balaban J connectivity index is 1.52. The van der Waals surface area contributed by atoms with Gasteiger partial charge in [-0.3, -0.25) is 0 Å². The second kappa shape index (κ2) is 12.3. The molecule has 188 valence electrons. The van der Waals surface area contributed by atoms with Crippen molar-refractivity contribution in [3.63, 3.8) is 0 Å². The molecule has 0 amide bonds. The zero-order valence-corrected chi connectivity index (χ0v) is 21.1. The van der Waals surface area contributed by atoms with E-state index < -0.39 is 12.1 Å². The largest absolute Gasteiger partial charge is 0.489 e. The van der Waals surface area contributed by atoms with Gasteiger partial charge in [0, 0.05) is 12.1 Å². The molecule has 1 atom stereocenters. The molecule has 0 aliphatic carbocycles. The van der Waals surface area contributed by atoms with Crippen molar-refractivity contribution in [2.24, 2.45) is 0 Å². The molecule has 6 heteroatoms. The van der Waals surface area contributed by atoms with Crippen LogP contribution in [0.2, 0.25) is 0 Å². The third kappa shape index (κ3) is 7.67. The number of carboxylic acid groups (broad SMARTS) is 1. The highest BCUT2D eigenvalue weighted by Crippen LogP contribution is 2.27. The van der Waals surface area contributed by atoms with Gasteiger partial charge >= 0.3 is 5.97 Å². The summed E-state index contributed by atoms with van der Waals surface area (Å²) in [5.41, 5.74) is 4.73. The number of aryl methyl sites for hydroxylation is 2. The summed E-state index contributed by atoms with van der Waals surface area (Å²) in [6.07, 6.45) is 2.29. The lowest BCUT2D eigenvalue weighted by molar-refractivity contribution is 0.0697. The molecule has 0 aliphatic rings. The number of aliphatic hydroxyl groups excluding tert-OH is 1. The summed E-state index contributed by atoms with van der Waals surface area (Å²) in [5, 5.41) is 32.5. The van der Waals surface area contributed by atoms with E-state index in [1.807, 2.05) is 0 Å². The lowest BCUT2D eigenvalue weighted by Gasteiger charge is -2.28. The molecule has 0 bridgehead atoms. The van der Waals surface area contributed by atoms with Crippen molar-refractivity contribution in [2.45, 2.75) is 51.7 Å². The molecule has 3 aromatic rings. The number of nitrogens with zero attached hydrogens (tertiary/aromatic N) is 1. The van der Waals surface area contributed by atoms with Crippen LogP contribution in [0.1, 0.15) is 53.7 Å². The Labute approximate surface area is 213 Å². The summed E-state index contributed by atoms with van der Waals surface area (Å²) in [6, 6.07) is 22.3. The van der Waals surface area contributed by atoms with Crippen molar-refractivity contribution < 1.29 is 19.7 Å². The standard InChI is InChI=1S/C30H34N2O4/c1-21-7-4-5-8-22(21)9-6-16-30(2,3)32-19-27(33)20-36-28-17-25(14-15-26(28)18-31)23-10-12-24(13-11-23)29(34)35/h4-5,7-8,10-15,17,27,32-33H,6,9,16,19-20H2,1-3H3,(H,34,35).